The molecular weight excluding hydrogens is 451 g/mol. The second kappa shape index (κ2) is 8.44. The van der Waals surface area contributed by atoms with Crippen LogP contribution in [-0.4, -0.2) is 32.0 Å². The van der Waals surface area contributed by atoms with Gasteiger partial charge in [-0.1, -0.05) is 30.0 Å². The molecule has 6 nitrogen and oxygen atoms in total. The Kier molecular flexibility index (Phi) is 5.05. The maximum Gasteiger partial charge on any atom is 0.152 e. The Morgan fingerprint density at radius 2 is 1.94 bits per heavy atom. The van der Waals surface area contributed by atoms with Gasteiger partial charge in [-0.3, -0.25) is 0 Å². The fourth-order valence-corrected chi connectivity index (χ4v) is 5.29. The fourth-order valence-electron chi connectivity index (χ4n) is 5.29. The van der Waals surface area contributed by atoms with Crippen molar-refractivity contribution in [2.24, 2.45) is 11.8 Å². The quantitative estimate of drug-likeness (QED) is 0.242. The predicted octanol–water partition coefficient (Wildman–Crippen LogP) is 4.58. The van der Waals surface area contributed by atoms with Crippen LogP contribution in [0.3, 0.4) is 0 Å². The van der Waals surface area contributed by atoms with Gasteiger partial charge < -0.3 is 20.6 Å². The SMILES string of the molecule is C=CC1CC1NCc1nc2c(F)cc(C#Cc3ccc(-c4cnc(C5CC6CC6N5)[nH]4)cc3)cc2[nH]1. The summed E-state index contributed by atoms with van der Waals surface area (Å²) in [7, 11) is 0. The van der Waals surface area contributed by atoms with Crippen LogP contribution in [0.25, 0.3) is 22.3 Å². The fraction of sp³-hybridized carbons (Fsp3) is 0.310. The number of nitrogens with zero attached hydrogens (tertiary/aromatic N) is 2. The normalized spacial score (nSPS) is 25.9. The maximum absolute atomic E-state index is 14.7. The summed E-state index contributed by atoms with van der Waals surface area (Å²) in [6.45, 7) is 4.40. The largest absolute Gasteiger partial charge is 0.341 e. The molecule has 2 aromatic carbocycles. The Morgan fingerprint density at radius 3 is 2.72 bits per heavy atom. The predicted molar refractivity (Wildman–Crippen MR) is 137 cm³/mol. The first-order chi connectivity index (χ1) is 17.6. The van der Waals surface area contributed by atoms with Crippen LogP contribution >= 0.6 is 0 Å². The molecule has 0 amide bonds. The minimum Gasteiger partial charge on any atom is -0.341 e. The van der Waals surface area contributed by atoms with Gasteiger partial charge in [0, 0.05) is 23.2 Å². The average molecular weight is 479 g/mol. The van der Waals surface area contributed by atoms with E-state index in [0.717, 1.165) is 40.8 Å². The zero-order valence-corrected chi connectivity index (χ0v) is 19.8. The molecule has 4 N–H and O–H groups in total. The van der Waals surface area contributed by atoms with Crippen molar-refractivity contribution in [1.82, 2.24) is 30.6 Å². The number of aromatic nitrogens is 4. The second-order valence-corrected chi connectivity index (χ2v) is 10.2. The number of imidazole rings is 2. The molecule has 2 aliphatic carbocycles. The van der Waals surface area contributed by atoms with Crippen LogP contribution in [0.2, 0.25) is 0 Å². The molecule has 0 radical (unpaired) electrons. The Bertz CT molecular complexity index is 1510. The van der Waals surface area contributed by atoms with E-state index in [2.05, 4.69) is 49.0 Å². The number of hydrogen-bond acceptors (Lipinski definition) is 4. The van der Waals surface area contributed by atoms with Gasteiger partial charge in [0.1, 0.15) is 17.2 Å². The van der Waals surface area contributed by atoms with Crippen molar-refractivity contribution in [1.29, 1.82) is 0 Å². The molecule has 3 heterocycles. The zero-order chi connectivity index (χ0) is 24.2. The standard InChI is InChI=1S/C29H27FN6/c1-2-18-11-22(18)31-15-27-34-24-10-17(9-21(30)28(24)36-27)4-3-16-5-7-19(8-6-16)26-14-32-29(35-26)25-13-20-12-23(20)33-25/h2,5-10,14,18,20,22-23,25,31,33H,1,11-13,15H2,(H,32,35)(H,34,36). The third-order valence-electron chi connectivity index (χ3n) is 7.61. The van der Waals surface area contributed by atoms with Crippen LogP contribution < -0.4 is 10.6 Å². The van der Waals surface area contributed by atoms with Crippen molar-refractivity contribution in [3.63, 3.8) is 0 Å². The zero-order valence-electron chi connectivity index (χ0n) is 19.8. The second-order valence-electron chi connectivity index (χ2n) is 10.2. The molecule has 3 fully saturated rings. The Morgan fingerprint density at radius 1 is 1.08 bits per heavy atom. The first-order valence-electron chi connectivity index (χ1n) is 12.6. The Labute approximate surface area is 208 Å². The lowest BCUT2D eigenvalue weighted by molar-refractivity contribution is 0.543. The number of benzene rings is 2. The van der Waals surface area contributed by atoms with Gasteiger partial charge in [0.25, 0.3) is 0 Å². The van der Waals surface area contributed by atoms with Gasteiger partial charge in [-0.2, -0.15) is 0 Å². The van der Waals surface area contributed by atoms with Crippen LogP contribution in [-0.2, 0) is 6.54 Å². The molecule has 0 spiro atoms. The van der Waals surface area contributed by atoms with Crippen molar-refractivity contribution < 1.29 is 4.39 Å². The summed E-state index contributed by atoms with van der Waals surface area (Å²) in [5.74, 6) is 8.98. The number of piperidine rings is 1. The van der Waals surface area contributed by atoms with Crippen LogP contribution in [0.1, 0.15) is 48.1 Å². The average Bonchev–Trinajstić information content (AvgIpc) is 3.60. The summed E-state index contributed by atoms with van der Waals surface area (Å²) >= 11 is 0. The molecule has 36 heavy (non-hydrogen) atoms. The van der Waals surface area contributed by atoms with Crippen LogP contribution in [0.5, 0.6) is 0 Å². The minimum atomic E-state index is -0.367. The van der Waals surface area contributed by atoms with Gasteiger partial charge in [0.05, 0.1) is 30.0 Å². The molecular formula is C29H27FN6. The van der Waals surface area contributed by atoms with E-state index in [1.165, 1.54) is 18.9 Å². The molecule has 2 aromatic heterocycles. The van der Waals surface area contributed by atoms with Gasteiger partial charge in [-0.15, -0.1) is 6.58 Å². The molecule has 3 aliphatic rings. The molecule has 5 unspecified atom stereocenters. The van der Waals surface area contributed by atoms with E-state index in [0.29, 0.717) is 47.2 Å². The molecule has 4 aromatic rings. The van der Waals surface area contributed by atoms with Crippen molar-refractivity contribution in [2.45, 2.75) is 43.9 Å². The van der Waals surface area contributed by atoms with E-state index in [-0.39, 0.29) is 5.82 Å². The highest BCUT2D eigenvalue weighted by atomic mass is 19.1. The van der Waals surface area contributed by atoms with Gasteiger partial charge >= 0.3 is 0 Å². The smallest absolute Gasteiger partial charge is 0.152 e. The highest BCUT2D eigenvalue weighted by molar-refractivity contribution is 5.78. The van der Waals surface area contributed by atoms with E-state index in [9.17, 15) is 4.39 Å². The summed E-state index contributed by atoms with van der Waals surface area (Å²) < 4.78 is 14.7. The third-order valence-corrected chi connectivity index (χ3v) is 7.61. The number of halogens is 1. The lowest BCUT2D eigenvalue weighted by atomic mass is 10.1. The molecule has 180 valence electrons. The topological polar surface area (TPSA) is 81.4 Å². The Balaban J connectivity index is 1.04. The Hall–Kier alpha value is -3.73. The maximum atomic E-state index is 14.7. The molecule has 2 saturated carbocycles. The first-order valence-corrected chi connectivity index (χ1v) is 12.6. The number of rotatable bonds is 6. The monoisotopic (exact) mass is 478 g/mol. The number of fused-ring (bicyclic) bond motifs is 2. The molecule has 1 aliphatic heterocycles. The van der Waals surface area contributed by atoms with Crippen LogP contribution in [0.4, 0.5) is 4.39 Å². The van der Waals surface area contributed by atoms with Crippen molar-refractivity contribution in [2.75, 3.05) is 0 Å². The lowest BCUT2D eigenvalue weighted by Gasteiger charge is -2.09. The van der Waals surface area contributed by atoms with Crippen LogP contribution in [0, 0.1) is 29.5 Å². The van der Waals surface area contributed by atoms with Gasteiger partial charge in [-0.05, 0) is 60.9 Å². The van der Waals surface area contributed by atoms with Gasteiger partial charge in [0.2, 0.25) is 0 Å². The lowest BCUT2D eigenvalue weighted by Crippen LogP contribution is -2.18. The van der Waals surface area contributed by atoms with Crippen molar-refractivity contribution in [3.8, 4) is 23.1 Å². The van der Waals surface area contributed by atoms with Gasteiger partial charge in [0.15, 0.2) is 5.82 Å². The minimum absolute atomic E-state index is 0.343. The number of nitrogens with one attached hydrogen (secondary N) is 4. The summed E-state index contributed by atoms with van der Waals surface area (Å²) in [6.07, 6.45) is 7.45. The molecule has 0 bridgehead atoms. The first kappa shape index (κ1) is 21.5. The van der Waals surface area contributed by atoms with Crippen molar-refractivity contribution >= 4 is 11.0 Å². The number of aromatic amines is 2. The molecule has 7 heteroatoms. The molecule has 5 atom stereocenters. The third kappa shape index (κ3) is 4.13. The van der Waals surface area contributed by atoms with Gasteiger partial charge in [-0.25, -0.2) is 14.4 Å². The summed E-state index contributed by atoms with van der Waals surface area (Å²) in [6, 6.07) is 12.8. The number of hydrogen-bond donors (Lipinski definition) is 4. The van der Waals surface area contributed by atoms with E-state index < -0.39 is 0 Å². The van der Waals surface area contributed by atoms with Crippen LogP contribution in [0.15, 0.2) is 55.3 Å². The van der Waals surface area contributed by atoms with E-state index in [4.69, 9.17) is 0 Å². The van der Waals surface area contributed by atoms with E-state index >= 15 is 0 Å². The van der Waals surface area contributed by atoms with E-state index in [1.54, 1.807) is 0 Å². The highest BCUT2D eigenvalue weighted by Gasteiger charge is 2.46. The number of H-pyrrole nitrogens is 2. The molecule has 7 rings (SSSR count). The summed E-state index contributed by atoms with van der Waals surface area (Å²) in [5, 5.41) is 7.06. The highest BCUT2D eigenvalue weighted by Crippen LogP contribution is 2.45. The summed E-state index contributed by atoms with van der Waals surface area (Å²) in [5.41, 5.74) is 4.56. The summed E-state index contributed by atoms with van der Waals surface area (Å²) in [4.78, 5) is 15.7. The molecule has 1 saturated heterocycles. The van der Waals surface area contributed by atoms with E-state index in [1.807, 2.05) is 42.6 Å². The van der Waals surface area contributed by atoms with Crippen molar-refractivity contribution in [3.05, 3.63) is 83.8 Å².